The van der Waals surface area contributed by atoms with E-state index in [1.807, 2.05) is 0 Å². The molecule has 2 aromatic rings. The molecule has 0 bridgehead atoms. The van der Waals surface area contributed by atoms with Gasteiger partial charge in [-0.25, -0.2) is 9.78 Å². The van der Waals surface area contributed by atoms with Crippen molar-refractivity contribution in [3.05, 3.63) is 48.0 Å². The fourth-order valence-electron chi connectivity index (χ4n) is 3.28. The average Bonchev–Trinajstić information content (AvgIpc) is 3.34. The molecule has 0 radical (unpaired) electrons. The lowest BCUT2D eigenvalue weighted by Crippen LogP contribution is -2.57. The molecular formula is C23H30N6O8. The van der Waals surface area contributed by atoms with E-state index in [9.17, 15) is 34.2 Å². The van der Waals surface area contributed by atoms with Crippen LogP contribution in [0.3, 0.4) is 0 Å². The Morgan fingerprint density at radius 3 is 2.05 bits per heavy atom. The Kier molecular flexibility index (Phi) is 10.6. The van der Waals surface area contributed by atoms with Crippen molar-refractivity contribution in [1.82, 2.24) is 25.9 Å². The van der Waals surface area contributed by atoms with Crippen molar-refractivity contribution in [1.29, 1.82) is 0 Å². The summed E-state index contributed by atoms with van der Waals surface area (Å²) in [6, 6.07) is 0.766. The number of aromatic hydroxyl groups is 1. The van der Waals surface area contributed by atoms with E-state index in [4.69, 9.17) is 10.8 Å². The Balaban J connectivity index is 2.19. The fraction of sp³-hybridized carbons (Fsp3) is 0.391. The van der Waals surface area contributed by atoms with Crippen LogP contribution in [0, 0.1) is 0 Å². The topological polar surface area (TPSA) is 237 Å². The van der Waals surface area contributed by atoms with Crippen LogP contribution in [0.5, 0.6) is 5.75 Å². The van der Waals surface area contributed by atoms with Crippen molar-refractivity contribution >= 4 is 29.7 Å². The quantitative estimate of drug-likeness (QED) is 0.146. The number of phenols is 1. The second kappa shape index (κ2) is 13.6. The SMILES string of the molecule is CC(N)C(=O)NC(Cc1cnc[nH]1)C(=O)NC(CCC(=O)O)C(=O)NC(Cc1ccc(O)cc1)C(=O)O. The Morgan fingerprint density at radius 2 is 1.51 bits per heavy atom. The van der Waals surface area contributed by atoms with E-state index in [-0.39, 0.29) is 25.0 Å². The molecule has 0 saturated carbocycles. The second-order valence-electron chi connectivity index (χ2n) is 8.39. The van der Waals surface area contributed by atoms with E-state index >= 15 is 0 Å². The van der Waals surface area contributed by atoms with E-state index in [1.165, 1.54) is 43.7 Å². The lowest BCUT2D eigenvalue weighted by Gasteiger charge is -2.24. The maximum atomic E-state index is 13.1. The van der Waals surface area contributed by atoms with Crippen LogP contribution in [0.1, 0.15) is 31.0 Å². The van der Waals surface area contributed by atoms with Gasteiger partial charge in [0.15, 0.2) is 0 Å². The monoisotopic (exact) mass is 518 g/mol. The minimum absolute atomic E-state index is 0.0167. The molecule has 37 heavy (non-hydrogen) atoms. The number of aliphatic carboxylic acids is 2. The molecule has 4 atom stereocenters. The third kappa shape index (κ3) is 9.60. The highest BCUT2D eigenvalue weighted by Gasteiger charge is 2.30. The molecule has 14 nitrogen and oxygen atoms in total. The molecule has 0 spiro atoms. The molecule has 9 N–H and O–H groups in total. The van der Waals surface area contributed by atoms with Crippen molar-refractivity contribution in [2.45, 2.75) is 56.8 Å². The van der Waals surface area contributed by atoms with Gasteiger partial charge >= 0.3 is 11.9 Å². The Bertz CT molecular complexity index is 1090. The number of carbonyl (C=O) groups excluding carboxylic acids is 3. The van der Waals surface area contributed by atoms with Crippen LogP contribution in [0.2, 0.25) is 0 Å². The van der Waals surface area contributed by atoms with Gasteiger partial charge in [-0.1, -0.05) is 12.1 Å². The molecule has 1 aromatic heterocycles. The maximum Gasteiger partial charge on any atom is 0.326 e. The highest BCUT2D eigenvalue weighted by Crippen LogP contribution is 2.12. The summed E-state index contributed by atoms with van der Waals surface area (Å²) in [6.07, 6.45) is 1.82. The van der Waals surface area contributed by atoms with Gasteiger partial charge in [-0.05, 0) is 31.0 Å². The van der Waals surface area contributed by atoms with Crippen LogP contribution in [0.15, 0.2) is 36.8 Å². The molecule has 4 unspecified atom stereocenters. The minimum Gasteiger partial charge on any atom is -0.508 e. The Morgan fingerprint density at radius 1 is 0.919 bits per heavy atom. The number of aromatic amines is 1. The van der Waals surface area contributed by atoms with Crippen LogP contribution in [-0.2, 0) is 36.8 Å². The molecule has 2 rings (SSSR count). The smallest absolute Gasteiger partial charge is 0.326 e. The van der Waals surface area contributed by atoms with Crippen LogP contribution in [-0.4, -0.2) is 79.1 Å². The number of benzene rings is 1. The Labute approximate surface area is 211 Å². The summed E-state index contributed by atoms with van der Waals surface area (Å²) in [5, 5.41) is 35.3. The van der Waals surface area contributed by atoms with Gasteiger partial charge < -0.3 is 42.0 Å². The average molecular weight is 519 g/mol. The minimum atomic E-state index is -1.42. The molecule has 0 fully saturated rings. The molecule has 1 aromatic carbocycles. The zero-order valence-electron chi connectivity index (χ0n) is 20.0. The third-order valence-electron chi connectivity index (χ3n) is 5.30. The van der Waals surface area contributed by atoms with E-state index < -0.39 is 60.2 Å². The van der Waals surface area contributed by atoms with Gasteiger partial charge in [0, 0.05) is 31.2 Å². The first-order valence-electron chi connectivity index (χ1n) is 11.3. The third-order valence-corrected chi connectivity index (χ3v) is 5.30. The van der Waals surface area contributed by atoms with Crippen molar-refractivity contribution in [3.8, 4) is 5.75 Å². The van der Waals surface area contributed by atoms with E-state index in [0.29, 0.717) is 11.3 Å². The van der Waals surface area contributed by atoms with Gasteiger partial charge in [-0.2, -0.15) is 0 Å². The number of nitrogens with one attached hydrogen (secondary N) is 4. The number of carboxylic acid groups (broad SMARTS) is 2. The number of carbonyl (C=O) groups is 5. The first-order chi connectivity index (χ1) is 17.5. The van der Waals surface area contributed by atoms with Crippen LogP contribution >= 0.6 is 0 Å². The number of H-pyrrole nitrogens is 1. The highest BCUT2D eigenvalue weighted by atomic mass is 16.4. The summed E-state index contributed by atoms with van der Waals surface area (Å²) in [6.45, 7) is 1.42. The number of rotatable bonds is 14. The molecule has 0 aliphatic carbocycles. The normalized spacial score (nSPS) is 14.0. The zero-order valence-corrected chi connectivity index (χ0v) is 20.0. The summed E-state index contributed by atoms with van der Waals surface area (Å²) in [5.74, 6) is -4.96. The standard InChI is InChI=1S/C23H30N6O8/c1-12(24)20(33)28-17(9-14-10-25-11-26-14)22(35)27-16(6-7-19(31)32)21(34)29-18(23(36)37)8-13-2-4-15(30)5-3-13/h2-5,10-12,16-18,30H,6-9,24H2,1H3,(H,25,26)(H,27,35)(H,28,33)(H,29,34)(H,31,32)(H,36,37). The molecule has 14 heteroatoms. The molecular weight excluding hydrogens is 488 g/mol. The predicted octanol–water partition coefficient (Wildman–Crippen LogP) is -1.35. The van der Waals surface area contributed by atoms with Crippen molar-refractivity contribution in [3.63, 3.8) is 0 Å². The van der Waals surface area contributed by atoms with Crippen molar-refractivity contribution in [2.75, 3.05) is 0 Å². The number of phenolic OH excluding ortho intramolecular Hbond substituents is 1. The van der Waals surface area contributed by atoms with Gasteiger partial charge in [0.1, 0.15) is 23.9 Å². The number of nitrogens with zero attached hydrogens (tertiary/aromatic N) is 1. The van der Waals surface area contributed by atoms with Crippen LogP contribution in [0.25, 0.3) is 0 Å². The van der Waals surface area contributed by atoms with E-state index in [0.717, 1.165) is 0 Å². The fourth-order valence-corrected chi connectivity index (χ4v) is 3.28. The lowest BCUT2D eigenvalue weighted by molar-refractivity contribution is -0.143. The molecule has 200 valence electrons. The summed E-state index contributed by atoms with van der Waals surface area (Å²) in [4.78, 5) is 67.7. The van der Waals surface area contributed by atoms with E-state index in [2.05, 4.69) is 25.9 Å². The summed E-state index contributed by atoms with van der Waals surface area (Å²) < 4.78 is 0. The van der Waals surface area contributed by atoms with Gasteiger partial charge in [0.2, 0.25) is 17.7 Å². The van der Waals surface area contributed by atoms with Gasteiger partial charge in [-0.3, -0.25) is 19.2 Å². The first-order valence-corrected chi connectivity index (χ1v) is 11.3. The number of hydrogen-bond donors (Lipinski definition) is 8. The number of imidazole rings is 1. The maximum absolute atomic E-state index is 13.1. The van der Waals surface area contributed by atoms with Gasteiger partial charge in [-0.15, -0.1) is 0 Å². The number of carboxylic acids is 2. The molecule has 3 amide bonds. The summed E-state index contributed by atoms with van der Waals surface area (Å²) >= 11 is 0. The number of hydrogen-bond acceptors (Lipinski definition) is 8. The largest absolute Gasteiger partial charge is 0.508 e. The van der Waals surface area contributed by atoms with E-state index in [1.54, 1.807) is 0 Å². The van der Waals surface area contributed by atoms with Crippen LogP contribution < -0.4 is 21.7 Å². The predicted molar refractivity (Wildman–Crippen MR) is 128 cm³/mol. The first kappa shape index (κ1) is 28.8. The molecule has 0 aliphatic rings. The molecule has 0 saturated heterocycles. The zero-order chi connectivity index (χ0) is 27.5. The number of aromatic nitrogens is 2. The number of amides is 3. The lowest BCUT2D eigenvalue weighted by atomic mass is 10.0. The molecule has 1 heterocycles. The van der Waals surface area contributed by atoms with Crippen molar-refractivity contribution in [2.24, 2.45) is 5.73 Å². The van der Waals surface area contributed by atoms with Gasteiger partial charge in [0.05, 0.1) is 12.4 Å². The summed E-state index contributed by atoms with van der Waals surface area (Å²) in [5.41, 5.74) is 6.59. The number of nitrogens with two attached hydrogens (primary N) is 1. The van der Waals surface area contributed by atoms with Gasteiger partial charge in [0.25, 0.3) is 0 Å². The van der Waals surface area contributed by atoms with Crippen molar-refractivity contribution < 1.29 is 39.3 Å². The Hall–Kier alpha value is -4.46. The highest BCUT2D eigenvalue weighted by molar-refractivity contribution is 5.94. The molecule has 0 aliphatic heterocycles. The van der Waals surface area contributed by atoms with Crippen LogP contribution in [0.4, 0.5) is 0 Å². The second-order valence-corrected chi connectivity index (χ2v) is 8.39. The summed E-state index contributed by atoms with van der Waals surface area (Å²) in [7, 11) is 0.